The summed E-state index contributed by atoms with van der Waals surface area (Å²) in [5.74, 6) is 0.996. The number of amides is 2. The van der Waals surface area contributed by atoms with Crippen molar-refractivity contribution in [2.75, 3.05) is 12.4 Å². The smallest absolute Gasteiger partial charge is 0.321 e. The SMILES string of the molecule is O=C1NC2CCCCC2C=CN1CCCl. The minimum atomic E-state index is 0.00120. The molecule has 1 fully saturated rings. The highest BCUT2D eigenvalue weighted by Crippen LogP contribution is 2.27. The molecule has 2 unspecified atom stereocenters. The van der Waals surface area contributed by atoms with E-state index < -0.39 is 0 Å². The molecule has 1 aliphatic heterocycles. The van der Waals surface area contributed by atoms with Crippen LogP contribution in [-0.4, -0.2) is 29.4 Å². The van der Waals surface area contributed by atoms with Crippen molar-refractivity contribution in [3.8, 4) is 0 Å². The van der Waals surface area contributed by atoms with E-state index >= 15 is 0 Å². The molecule has 84 valence electrons. The van der Waals surface area contributed by atoms with Crippen molar-refractivity contribution in [2.45, 2.75) is 31.7 Å². The van der Waals surface area contributed by atoms with Gasteiger partial charge in [0.25, 0.3) is 0 Å². The van der Waals surface area contributed by atoms with Gasteiger partial charge in [0.15, 0.2) is 0 Å². The number of urea groups is 1. The Morgan fingerprint density at radius 2 is 2.27 bits per heavy atom. The molecule has 2 rings (SSSR count). The van der Waals surface area contributed by atoms with Crippen LogP contribution in [0.2, 0.25) is 0 Å². The van der Waals surface area contributed by atoms with Crippen molar-refractivity contribution in [1.82, 2.24) is 10.2 Å². The van der Waals surface area contributed by atoms with Crippen molar-refractivity contribution >= 4 is 17.6 Å². The van der Waals surface area contributed by atoms with Crippen LogP contribution in [0.3, 0.4) is 0 Å². The Kier molecular flexibility index (Phi) is 3.52. The number of fused-ring (bicyclic) bond motifs is 1. The molecule has 4 heteroatoms. The number of hydrogen-bond donors (Lipinski definition) is 1. The average molecular weight is 229 g/mol. The molecule has 0 aromatic rings. The van der Waals surface area contributed by atoms with Gasteiger partial charge in [-0.1, -0.05) is 18.9 Å². The van der Waals surface area contributed by atoms with E-state index in [9.17, 15) is 4.79 Å². The van der Waals surface area contributed by atoms with Crippen LogP contribution < -0.4 is 5.32 Å². The van der Waals surface area contributed by atoms with Gasteiger partial charge in [-0.3, -0.25) is 0 Å². The molecule has 0 radical (unpaired) electrons. The van der Waals surface area contributed by atoms with Gasteiger partial charge in [-0.15, -0.1) is 11.6 Å². The van der Waals surface area contributed by atoms with E-state index in [1.54, 1.807) is 4.90 Å². The Labute approximate surface area is 95.5 Å². The predicted molar refractivity (Wildman–Crippen MR) is 60.8 cm³/mol. The number of carbonyl (C=O) groups excluding carboxylic acids is 1. The predicted octanol–water partition coefficient (Wildman–Crippen LogP) is 2.32. The zero-order valence-corrected chi connectivity index (χ0v) is 9.54. The third kappa shape index (κ3) is 2.46. The third-order valence-electron chi connectivity index (χ3n) is 3.23. The number of halogens is 1. The van der Waals surface area contributed by atoms with Crippen molar-refractivity contribution in [2.24, 2.45) is 5.92 Å². The highest BCUT2D eigenvalue weighted by atomic mass is 35.5. The van der Waals surface area contributed by atoms with Gasteiger partial charge >= 0.3 is 6.03 Å². The Bertz CT molecular complexity index is 267. The number of carbonyl (C=O) groups is 1. The average Bonchev–Trinajstić information content (AvgIpc) is 2.40. The van der Waals surface area contributed by atoms with Crippen LogP contribution in [0.1, 0.15) is 25.7 Å². The summed E-state index contributed by atoms with van der Waals surface area (Å²) in [6, 6.07) is 0.337. The van der Waals surface area contributed by atoms with Crippen LogP contribution in [0.5, 0.6) is 0 Å². The number of hydrogen-bond acceptors (Lipinski definition) is 1. The van der Waals surface area contributed by atoms with Crippen molar-refractivity contribution in [3.05, 3.63) is 12.3 Å². The normalized spacial score (nSPS) is 30.7. The monoisotopic (exact) mass is 228 g/mol. The van der Waals surface area contributed by atoms with Crippen LogP contribution in [-0.2, 0) is 0 Å². The molecule has 1 N–H and O–H groups in total. The van der Waals surface area contributed by atoms with E-state index in [1.807, 2.05) is 6.20 Å². The minimum Gasteiger partial charge on any atom is -0.334 e. The molecule has 3 nitrogen and oxygen atoms in total. The van der Waals surface area contributed by atoms with E-state index in [2.05, 4.69) is 11.4 Å². The van der Waals surface area contributed by atoms with Gasteiger partial charge in [-0.05, 0) is 18.8 Å². The lowest BCUT2D eigenvalue weighted by atomic mass is 9.85. The molecule has 2 atom stereocenters. The molecule has 0 spiro atoms. The Morgan fingerprint density at radius 3 is 3.07 bits per heavy atom. The largest absolute Gasteiger partial charge is 0.334 e. The van der Waals surface area contributed by atoms with Crippen molar-refractivity contribution < 1.29 is 4.79 Å². The fraction of sp³-hybridized carbons (Fsp3) is 0.727. The summed E-state index contributed by atoms with van der Waals surface area (Å²) in [6.45, 7) is 0.587. The quantitative estimate of drug-likeness (QED) is 0.723. The van der Waals surface area contributed by atoms with Crippen LogP contribution in [0.15, 0.2) is 12.3 Å². The maximum Gasteiger partial charge on any atom is 0.321 e. The van der Waals surface area contributed by atoms with Crippen LogP contribution in [0.4, 0.5) is 4.79 Å². The van der Waals surface area contributed by atoms with Gasteiger partial charge in [-0.25, -0.2) is 4.79 Å². The topological polar surface area (TPSA) is 32.3 Å². The zero-order valence-electron chi connectivity index (χ0n) is 8.79. The molecule has 2 amide bonds. The van der Waals surface area contributed by atoms with Gasteiger partial charge < -0.3 is 10.2 Å². The molecule has 0 aromatic heterocycles. The highest BCUT2D eigenvalue weighted by Gasteiger charge is 2.28. The third-order valence-corrected chi connectivity index (χ3v) is 3.40. The van der Waals surface area contributed by atoms with Crippen LogP contribution in [0, 0.1) is 5.92 Å². The summed E-state index contributed by atoms with van der Waals surface area (Å²) in [7, 11) is 0. The van der Waals surface area contributed by atoms with Gasteiger partial charge in [0, 0.05) is 24.7 Å². The van der Waals surface area contributed by atoms with E-state index in [4.69, 9.17) is 11.6 Å². The molecular weight excluding hydrogens is 212 g/mol. The highest BCUT2D eigenvalue weighted by molar-refractivity contribution is 6.18. The van der Waals surface area contributed by atoms with E-state index in [1.165, 1.54) is 19.3 Å². The van der Waals surface area contributed by atoms with E-state index in [0.717, 1.165) is 6.42 Å². The first-order valence-corrected chi connectivity index (χ1v) is 6.16. The second kappa shape index (κ2) is 4.88. The summed E-state index contributed by atoms with van der Waals surface area (Å²) in [5.41, 5.74) is 0. The lowest BCUT2D eigenvalue weighted by Gasteiger charge is -2.28. The standard InChI is InChI=1S/C11H17ClN2O/c12-6-8-14-7-5-9-3-1-2-4-10(9)13-11(14)15/h5,7,9-10H,1-4,6,8H2,(H,13,15). The van der Waals surface area contributed by atoms with Crippen LogP contribution in [0.25, 0.3) is 0 Å². The number of alkyl halides is 1. The number of nitrogens with zero attached hydrogens (tertiary/aromatic N) is 1. The van der Waals surface area contributed by atoms with Crippen molar-refractivity contribution in [3.63, 3.8) is 0 Å². The molecule has 0 bridgehead atoms. The van der Waals surface area contributed by atoms with Gasteiger partial charge in [0.1, 0.15) is 0 Å². The lowest BCUT2D eigenvalue weighted by Crippen LogP contribution is -2.44. The second-order valence-corrected chi connectivity index (χ2v) is 4.61. The fourth-order valence-corrected chi connectivity index (χ4v) is 2.54. The van der Waals surface area contributed by atoms with Gasteiger partial charge in [0.05, 0.1) is 0 Å². The summed E-state index contributed by atoms with van der Waals surface area (Å²) in [4.78, 5) is 13.4. The number of nitrogens with one attached hydrogen (secondary N) is 1. The summed E-state index contributed by atoms with van der Waals surface area (Å²) < 4.78 is 0. The van der Waals surface area contributed by atoms with E-state index in [0.29, 0.717) is 24.4 Å². The Balaban J connectivity index is 2.06. The maximum atomic E-state index is 11.8. The van der Waals surface area contributed by atoms with Crippen LogP contribution >= 0.6 is 11.6 Å². The number of rotatable bonds is 2. The minimum absolute atomic E-state index is 0.00120. The first kappa shape index (κ1) is 10.8. The first-order chi connectivity index (χ1) is 7.31. The fourth-order valence-electron chi connectivity index (χ4n) is 2.36. The molecule has 1 aliphatic carbocycles. The molecule has 2 aliphatic rings. The Hall–Kier alpha value is -0.700. The summed E-state index contributed by atoms with van der Waals surface area (Å²) >= 11 is 5.65. The molecule has 0 saturated heterocycles. The summed E-state index contributed by atoms with van der Waals surface area (Å²) in [5, 5.41) is 3.08. The van der Waals surface area contributed by atoms with Gasteiger partial charge in [0.2, 0.25) is 0 Å². The lowest BCUT2D eigenvalue weighted by molar-refractivity contribution is 0.208. The maximum absolute atomic E-state index is 11.8. The van der Waals surface area contributed by atoms with Crippen molar-refractivity contribution in [1.29, 1.82) is 0 Å². The molecule has 1 saturated carbocycles. The molecule has 1 heterocycles. The van der Waals surface area contributed by atoms with Gasteiger partial charge in [-0.2, -0.15) is 0 Å². The molecule has 0 aromatic carbocycles. The first-order valence-electron chi connectivity index (χ1n) is 5.62. The zero-order chi connectivity index (χ0) is 10.7. The second-order valence-electron chi connectivity index (χ2n) is 4.23. The Morgan fingerprint density at radius 1 is 1.47 bits per heavy atom. The summed E-state index contributed by atoms with van der Waals surface area (Å²) in [6.07, 6.45) is 8.86. The molecule has 15 heavy (non-hydrogen) atoms. The molecular formula is C11H17ClN2O. The van der Waals surface area contributed by atoms with E-state index in [-0.39, 0.29) is 6.03 Å².